The Labute approximate surface area is 99.6 Å². The Kier molecular flexibility index (Phi) is 2.37. The Morgan fingerprint density at radius 3 is 3.00 bits per heavy atom. The van der Waals surface area contributed by atoms with Gasteiger partial charge < -0.3 is 4.57 Å². The summed E-state index contributed by atoms with van der Waals surface area (Å²) >= 11 is 0. The molecule has 84 valence electrons. The molecular weight excluding hydrogens is 212 g/mol. The zero-order valence-corrected chi connectivity index (χ0v) is 9.43. The molecule has 4 heteroatoms. The highest BCUT2D eigenvalue weighted by Crippen LogP contribution is 2.25. The average Bonchev–Trinajstić information content (AvgIpc) is 2.78. The molecule has 0 saturated carbocycles. The van der Waals surface area contributed by atoms with Gasteiger partial charge in [-0.15, -0.1) is 0 Å². The molecule has 0 spiro atoms. The molecule has 0 atom stereocenters. The lowest BCUT2D eigenvalue weighted by atomic mass is 10.1. The van der Waals surface area contributed by atoms with Crippen molar-refractivity contribution >= 4 is 0 Å². The second-order valence-electron chi connectivity index (χ2n) is 4.16. The van der Waals surface area contributed by atoms with E-state index in [4.69, 9.17) is 0 Å². The fraction of sp³-hybridized carbons (Fsp3) is 0.308. The average molecular weight is 224 g/mol. The Morgan fingerprint density at radius 1 is 1.29 bits per heavy atom. The molecule has 2 aromatic rings. The van der Waals surface area contributed by atoms with Gasteiger partial charge in [0.25, 0.3) is 0 Å². The summed E-state index contributed by atoms with van der Waals surface area (Å²) < 4.78 is 2.04. The first kappa shape index (κ1) is 10.0. The maximum Gasteiger partial charge on any atom is 0.149 e. The maximum absolute atomic E-state index is 9.29. The third-order valence-corrected chi connectivity index (χ3v) is 3.09. The van der Waals surface area contributed by atoms with E-state index >= 15 is 0 Å². The van der Waals surface area contributed by atoms with E-state index in [0.29, 0.717) is 5.69 Å². The van der Waals surface area contributed by atoms with Crippen LogP contribution in [0.1, 0.15) is 24.4 Å². The predicted molar refractivity (Wildman–Crippen MR) is 63.1 cm³/mol. The fourth-order valence-corrected chi connectivity index (χ4v) is 2.28. The largest absolute Gasteiger partial charge is 0.319 e. The summed E-state index contributed by atoms with van der Waals surface area (Å²) in [6.07, 6.45) is 4.97. The standard InChI is InChI=1S/C13H12N4/c14-9-11-13(10-5-1-3-7-15-10)16-12-6-2-4-8-17(11)12/h1,3,5,7H,2,4,6,8H2. The van der Waals surface area contributed by atoms with Crippen LogP contribution >= 0.6 is 0 Å². The minimum atomic E-state index is 0.651. The molecule has 0 bridgehead atoms. The van der Waals surface area contributed by atoms with Crippen molar-refractivity contribution in [3.63, 3.8) is 0 Å². The van der Waals surface area contributed by atoms with Crippen LogP contribution in [0.15, 0.2) is 24.4 Å². The molecular formula is C13H12N4. The first-order valence-corrected chi connectivity index (χ1v) is 5.81. The van der Waals surface area contributed by atoms with Gasteiger partial charge in [-0.05, 0) is 25.0 Å². The topological polar surface area (TPSA) is 54.5 Å². The lowest BCUT2D eigenvalue weighted by Gasteiger charge is -2.13. The van der Waals surface area contributed by atoms with Crippen molar-refractivity contribution in [3.8, 4) is 17.5 Å². The number of nitrogens with zero attached hydrogens (tertiary/aromatic N) is 4. The van der Waals surface area contributed by atoms with Crippen molar-refractivity contribution in [2.24, 2.45) is 0 Å². The van der Waals surface area contributed by atoms with Crippen LogP contribution in [0, 0.1) is 11.3 Å². The van der Waals surface area contributed by atoms with E-state index in [1.54, 1.807) is 6.20 Å². The maximum atomic E-state index is 9.29. The minimum absolute atomic E-state index is 0.651. The van der Waals surface area contributed by atoms with Crippen LogP contribution in [0.3, 0.4) is 0 Å². The molecule has 2 aromatic heterocycles. The molecule has 0 saturated heterocycles. The summed E-state index contributed by atoms with van der Waals surface area (Å²) in [5.74, 6) is 1.02. The van der Waals surface area contributed by atoms with Gasteiger partial charge >= 0.3 is 0 Å². The van der Waals surface area contributed by atoms with Gasteiger partial charge in [-0.2, -0.15) is 5.26 Å². The number of hydrogen-bond acceptors (Lipinski definition) is 3. The van der Waals surface area contributed by atoms with E-state index in [-0.39, 0.29) is 0 Å². The molecule has 3 rings (SSSR count). The zero-order chi connectivity index (χ0) is 11.7. The van der Waals surface area contributed by atoms with Crippen LogP contribution in [-0.2, 0) is 13.0 Å². The highest BCUT2D eigenvalue weighted by molar-refractivity contribution is 5.61. The van der Waals surface area contributed by atoms with Crippen LogP contribution in [0.2, 0.25) is 0 Å². The molecule has 0 amide bonds. The molecule has 0 unspecified atom stereocenters. The van der Waals surface area contributed by atoms with Crippen molar-refractivity contribution in [2.75, 3.05) is 0 Å². The van der Waals surface area contributed by atoms with Crippen molar-refractivity contribution in [3.05, 3.63) is 35.9 Å². The van der Waals surface area contributed by atoms with E-state index < -0.39 is 0 Å². The van der Waals surface area contributed by atoms with Gasteiger partial charge in [0.1, 0.15) is 23.3 Å². The van der Waals surface area contributed by atoms with E-state index in [0.717, 1.165) is 43.0 Å². The van der Waals surface area contributed by atoms with Crippen LogP contribution < -0.4 is 0 Å². The summed E-state index contributed by atoms with van der Waals surface area (Å²) in [5.41, 5.74) is 2.16. The smallest absolute Gasteiger partial charge is 0.149 e. The Bertz CT molecular complexity index is 577. The highest BCUT2D eigenvalue weighted by Gasteiger charge is 2.20. The molecule has 17 heavy (non-hydrogen) atoms. The highest BCUT2D eigenvalue weighted by atomic mass is 15.1. The summed E-state index contributed by atoms with van der Waals surface area (Å²) in [6, 6.07) is 7.95. The molecule has 1 aliphatic rings. The Morgan fingerprint density at radius 2 is 2.24 bits per heavy atom. The molecule has 1 aliphatic heterocycles. The van der Waals surface area contributed by atoms with Crippen molar-refractivity contribution in [1.29, 1.82) is 5.26 Å². The number of fused-ring (bicyclic) bond motifs is 1. The van der Waals surface area contributed by atoms with E-state index in [1.165, 1.54) is 0 Å². The molecule has 0 aromatic carbocycles. The quantitative estimate of drug-likeness (QED) is 0.745. The summed E-state index contributed by atoms with van der Waals surface area (Å²) in [6.45, 7) is 0.901. The number of pyridine rings is 1. The normalized spacial score (nSPS) is 14.1. The first-order valence-electron chi connectivity index (χ1n) is 5.81. The molecule has 0 fully saturated rings. The SMILES string of the molecule is N#Cc1c(-c2ccccn2)nc2n1CCCC2. The van der Waals surface area contributed by atoms with Gasteiger partial charge in [0.2, 0.25) is 0 Å². The van der Waals surface area contributed by atoms with Gasteiger partial charge in [0.15, 0.2) is 0 Å². The number of hydrogen-bond donors (Lipinski definition) is 0. The molecule has 3 heterocycles. The van der Waals surface area contributed by atoms with Gasteiger partial charge in [0.05, 0.1) is 5.69 Å². The molecule has 0 N–H and O–H groups in total. The third-order valence-electron chi connectivity index (χ3n) is 3.09. The van der Waals surface area contributed by atoms with Crippen LogP contribution in [0.25, 0.3) is 11.4 Å². The zero-order valence-electron chi connectivity index (χ0n) is 9.43. The minimum Gasteiger partial charge on any atom is -0.319 e. The molecule has 0 aliphatic carbocycles. The van der Waals surface area contributed by atoms with Gasteiger partial charge in [-0.3, -0.25) is 4.98 Å². The van der Waals surface area contributed by atoms with Crippen molar-refractivity contribution < 1.29 is 0 Å². The summed E-state index contributed by atoms with van der Waals surface area (Å²) in [5, 5.41) is 9.29. The van der Waals surface area contributed by atoms with Crippen LogP contribution in [0.5, 0.6) is 0 Å². The second-order valence-corrected chi connectivity index (χ2v) is 4.16. The fourth-order valence-electron chi connectivity index (χ4n) is 2.28. The van der Waals surface area contributed by atoms with E-state index in [1.807, 2.05) is 22.8 Å². The number of aromatic nitrogens is 3. The number of aryl methyl sites for hydroxylation is 1. The number of rotatable bonds is 1. The summed E-state index contributed by atoms with van der Waals surface area (Å²) in [7, 11) is 0. The third kappa shape index (κ3) is 1.60. The van der Waals surface area contributed by atoms with Crippen molar-refractivity contribution in [1.82, 2.24) is 14.5 Å². The summed E-state index contributed by atoms with van der Waals surface area (Å²) in [4.78, 5) is 8.84. The lowest BCUT2D eigenvalue weighted by molar-refractivity contribution is 0.519. The Balaban J connectivity index is 2.18. The monoisotopic (exact) mass is 224 g/mol. The molecule has 4 nitrogen and oxygen atoms in total. The van der Waals surface area contributed by atoms with Gasteiger partial charge in [-0.25, -0.2) is 4.98 Å². The van der Waals surface area contributed by atoms with E-state index in [2.05, 4.69) is 16.0 Å². The number of imidazole rings is 1. The van der Waals surface area contributed by atoms with Gasteiger partial charge in [0, 0.05) is 19.2 Å². The second kappa shape index (κ2) is 4.02. The van der Waals surface area contributed by atoms with Crippen molar-refractivity contribution in [2.45, 2.75) is 25.8 Å². The van der Waals surface area contributed by atoms with E-state index in [9.17, 15) is 5.26 Å². The lowest BCUT2D eigenvalue weighted by Crippen LogP contribution is -2.11. The Hall–Kier alpha value is -2.15. The van der Waals surface area contributed by atoms with Gasteiger partial charge in [-0.1, -0.05) is 6.07 Å². The predicted octanol–water partition coefficient (Wildman–Crippen LogP) is 2.15. The first-order chi connectivity index (χ1) is 8.40. The van der Waals surface area contributed by atoms with Crippen LogP contribution in [-0.4, -0.2) is 14.5 Å². The number of nitriles is 1. The molecule has 0 radical (unpaired) electrons. The van der Waals surface area contributed by atoms with Crippen LogP contribution in [0.4, 0.5) is 0 Å².